The Kier molecular flexibility index (Phi) is 5.73. The first-order valence-electron chi connectivity index (χ1n) is 6.27. The first-order valence-corrected chi connectivity index (χ1v) is 6.27. The molecule has 0 amide bonds. The summed E-state index contributed by atoms with van der Waals surface area (Å²) in [7, 11) is 0. The second-order valence-corrected chi connectivity index (χ2v) is 4.25. The maximum absolute atomic E-state index is 3.43. The van der Waals surface area contributed by atoms with Crippen molar-refractivity contribution in [3.8, 4) is 0 Å². The summed E-state index contributed by atoms with van der Waals surface area (Å²) in [6, 6.07) is 0. The third kappa shape index (κ3) is 4.22. The Morgan fingerprint density at radius 2 is 1.87 bits per heavy atom. The molecule has 15 heavy (non-hydrogen) atoms. The maximum atomic E-state index is 3.43. The van der Waals surface area contributed by atoms with Crippen molar-refractivity contribution in [2.24, 2.45) is 0 Å². The van der Waals surface area contributed by atoms with Crippen LogP contribution >= 0.6 is 0 Å². The molecule has 3 heteroatoms. The molecule has 1 aliphatic heterocycles. The van der Waals surface area contributed by atoms with E-state index in [1.54, 1.807) is 5.57 Å². The lowest BCUT2D eigenvalue weighted by Crippen LogP contribution is -2.52. The summed E-state index contributed by atoms with van der Waals surface area (Å²) in [6.07, 6.45) is 7.14. The summed E-state index contributed by atoms with van der Waals surface area (Å²) in [6.45, 7) is 9.99. The molecule has 0 unspecified atom stereocenters. The number of rotatable bonds is 6. The molecule has 1 rings (SSSR count). The summed E-state index contributed by atoms with van der Waals surface area (Å²) in [5.74, 6) is 0. The average molecular weight is 211 g/mol. The molecule has 88 valence electrons. The molecule has 0 aliphatic carbocycles. The zero-order valence-corrected chi connectivity index (χ0v) is 10.4. The van der Waals surface area contributed by atoms with Gasteiger partial charge in [0.15, 0.2) is 0 Å². The van der Waals surface area contributed by atoms with E-state index in [4.69, 9.17) is 0 Å². The van der Waals surface area contributed by atoms with Gasteiger partial charge in [-0.3, -0.25) is 0 Å². The van der Waals surface area contributed by atoms with Crippen LogP contribution in [0.3, 0.4) is 0 Å². The third-order valence-corrected chi connectivity index (χ3v) is 2.53. The van der Waals surface area contributed by atoms with Crippen LogP contribution in [0, 0.1) is 0 Å². The van der Waals surface area contributed by atoms with Crippen LogP contribution in [0.1, 0.15) is 46.5 Å². The normalized spacial score (nSPS) is 18.1. The van der Waals surface area contributed by atoms with Crippen molar-refractivity contribution in [2.45, 2.75) is 46.5 Å². The van der Waals surface area contributed by atoms with Crippen LogP contribution in [0.15, 0.2) is 11.8 Å². The van der Waals surface area contributed by atoms with Crippen molar-refractivity contribution >= 4 is 0 Å². The Bertz CT molecular complexity index is 201. The van der Waals surface area contributed by atoms with E-state index in [9.17, 15) is 0 Å². The molecule has 1 aliphatic rings. The Balaban J connectivity index is 2.53. The molecule has 0 saturated heterocycles. The molecular formula is C12H25N3. The highest BCUT2D eigenvalue weighted by Gasteiger charge is 2.15. The highest BCUT2D eigenvalue weighted by molar-refractivity contribution is 5.05. The van der Waals surface area contributed by atoms with Crippen LogP contribution in [0.2, 0.25) is 0 Å². The summed E-state index contributed by atoms with van der Waals surface area (Å²) >= 11 is 0. The second kappa shape index (κ2) is 6.85. The Morgan fingerprint density at radius 3 is 2.47 bits per heavy atom. The Morgan fingerprint density at radius 1 is 1.13 bits per heavy atom. The number of hydrogen-bond acceptors (Lipinski definition) is 3. The molecule has 0 atom stereocenters. The quantitative estimate of drug-likeness (QED) is 0.728. The second-order valence-electron chi connectivity index (χ2n) is 4.25. The molecule has 0 saturated carbocycles. The highest BCUT2D eigenvalue weighted by Crippen LogP contribution is 2.12. The van der Waals surface area contributed by atoms with E-state index < -0.39 is 0 Å². The van der Waals surface area contributed by atoms with Crippen LogP contribution in [0.5, 0.6) is 0 Å². The van der Waals surface area contributed by atoms with E-state index in [1.807, 2.05) is 0 Å². The molecular weight excluding hydrogens is 186 g/mol. The molecule has 0 radical (unpaired) electrons. The zero-order valence-electron chi connectivity index (χ0n) is 10.4. The van der Waals surface area contributed by atoms with Gasteiger partial charge in [0.2, 0.25) is 0 Å². The van der Waals surface area contributed by atoms with Crippen LogP contribution in [-0.4, -0.2) is 29.7 Å². The molecule has 0 bridgehead atoms. The van der Waals surface area contributed by atoms with Crippen molar-refractivity contribution in [2.75, 3.05) is 19.6 Å². The van der Waals surface area contributed by atoms with Crippen molar-refractivity contribution < 1.29 is 0 Å². The lowest BCUT2D eigenvalue weighted by Gasteiger charge is -2.36. The van der Waals surface area contributed by atoms with Gasteiger partial charge in [-0.1, -0.05) is 27.2 Å². The van der Waals surface area contributed by atoms with Crippen LogP contribution in [0.4, 0.5) is 0 Å². The first kappa shape index (κ1) is 12.5. The van der Waals surface area contributed by atoms with Gasteiger partial charge in [-0.15, -0.1) is 0 Å². The van der Waals surface area contributed by atoms with Crippen molar-refractivity contribution in [1.29, 1.82) is 0 Å². The number of hydrazine groups is 2. The summed E-state index contributed by atoms with van der Waals surface area (Å²) in [4.78, 5) is 0. The molecule has 1 N–H and O–H groups in total. The van der Waals surface area contributed by atoms with Gasteiger partial charge in [-0.25, -0.2) is 5.01 Å². The van der Waals surface area contributed by atoms with E-state index in [0.717, 1.165) is 19.6 Å². The fourth-order valence-electron chi connectivity index (χ4n) is 1.97. The van der Waals surface area contributed by atoms with E-state index in [0.29, 0.717) is 0 Å². The third-order valence-electron chi connectivity index (χ3n) is 2.53. The van der Waals surface area contributed by atoms with Gasteiger partial charge in [-0.2, -0.15) is 5.53 Å². The van der Waals surface area contributed by atoms with Crippen molar-refractivity contribution in [1.82, 2.24) is 15.6 Å². The summed E-state index contributed by atoms with van der Waals surface area (Å²) in [5, 5.41) is 4.55. The van der Waals surface area contributed by atoms with Gasteiger partial charge in [0.1, 0.15) is 0 Å². The van der Waals surface area contributed by atoms with Gasteiger partial charge < -0.3 is 5.01 Å². The van der Waals surface area contributed by atoms with Gasteiger partial charge in [0.05, 0.1) is 0 Å². The van der Waals surface area contributed by atoms with Crippen LogP contribution < -0.4 is 5.53 Å². The zero-order chi connectivity index (χ0) is 11.1. The molecule has 0 aromatic heterocycles. The molecule has 0 fully saturated rings. The maximum Gasteiger partial charge on any atom is 0.0376 e. The molecule has 1 heterocycles. The van der Waals surface area contributed by atoms with Gasteiger partial charge in [0, 0.05) is 25.8 Å². The predicted octanol–water partition coefficient (Wildman–Crippen LogP) is 2.53. The van der Waals surface area contributed by atoms with Crippen LogP contribution in [0.25, 0.3) is 0 Å². The minimum Gasteiger partial charge on any atom is -0.302 e. The molecule has 0 spiro atoms. The van der Waals surface area contributed by atoms with E-state index >= 15 is 0 Å². The number of hydrogen-bond donors (Lipinski definition) is 1. The highest BCUT2D eigenvalue weighted by atomic mass is 15.8. The van der Waals surface area contributed by atoms with Gasteiger partial charge in [0.25, 0.3) is 0 Å². The molecule has 3 nitrogen and oxygen atoms in total. The van der Waals surface area contributed by atoms with Crippen LogP contribution in [-0.2, 0) is 0 Å². The monoisotopic (exact) mass is 211 g/mol. The number of nitrogens with zero attached hydrogens (tertiary/aromatic N) is 2. The molecule has 0 aromatic carbocycles. The van der Waals surface area contributed by atoms with Gasteiger partial charge >= 0.3 is 0 Å². The van der Waals surface area contributed by atoms with Crippen molar-refractivity contribution in [3.05, 3.63) is 11.8 Å². The van der Waals surface area contributed by atoms with Crippen molar-refractivity contribution in [3.63, 3.8) is 0 Å². The average Bonchev–Trinajstić information content (AvgIpc) is 2.19. The van der Waals surface area contributed by atoms with Gasteiger partial charge in [-0.05, 0) is 24.8 Å². The SMILES string of the molecule is CCCC1=CN(CCC)NN(CCC)C1. The number of nitrogens with one attached hydrogen (secondary N) is 1. The lowest BCUT2D eigenvalue weighted by molar-refractivity contribution is 0.0484. The smallest absolute Gasteiger partial charge is 0.0376 e. The first-order chi connectivity index (χ1) is 7.30. The summed E-state index contributed by atoms with van der Waals surface area (Å²) < 4.78 is 0. The topological polar surface area (TPSA) is 18.5 Å². The standard InChI is InChI=1S/C12H25N3/c1-4-7-12-10-14(8-5-2)13-15(11-12)9-6-3/h10,13H,4-9,11H2,1-3H3. The van der Waals surface area contributed by atoms with E-state index in [-0.39, 0.29) is 0 Å². The Labute approximate surface area is 94.1 Å². The van der Waals surface area contributed by atoms with E-state index in [1.165, 1.54) is 25.7 Å². The fourth-order valence-corrected chi connectivity index (χ4v) is 1.97. The largest absolute Gasteiger partial charge is 0.302 e. The van der Waals surface area contributed by atoms with E-state index in [2.05, 4.69) is 42.5 Å². The fraction of sp³-hybridized carbons (Fsp3) is 0.833. The Hall–Kier alpha value is -0.540. The lowest BCUT2D eigenvalue weighted by atomic mass is 10.1. The summed E-state index contributed by atoms with van der Waals surface area (Å²) in [5.41, 5.74) is 4.99. The minimum absolute atomic E-state index is 1.09. The molecule has 0 aromatic rings. The minimum atomic E-state index is 1.09. The predicted molar refractivity (Wildman–Crippen MR) is 65.0 cm³/mol.